The van der Waals surface area contributed by atoms with Gasteiger partial charge in [-0.3, -0.25) is 0 Å². The van der Waals surface area contributed by atoms with Crippen molar-refractivity contribution in [3.63, 3.8) is 0 Å². The minimum atomic E-state index is -1.06. The molecule has 69 valence electrons. The van der Waals surface area contributed by atoms with Crippen LogP contribution in [0.15, 0.2) is 0 Å². The summed E-state index contributed by atoms with van der Waals surface area (Å²) >= 11 is 0. The van der Waals surface area contributed by atoms with Gasteiger partial charge in [0.25, 0.3) is 0 Å². The molecule has 0 saturated carbocycles. The molecular formula is C6H18NO3Si. The summed E-state index contributed by atoms with van der Waals surface area (Å²) in [5.74, 6) is 0. The van der Waals surface area contributed by atoms with E-state index in [4.69, 9.17) is 15.9 Å². The van der Waals surface area contributed by atoms with Crippen LogP contribution in [0.1, 0.15) is 19.8 Å². The Kier molecular flexibility index (Phi) is 19.9. The average Bonchev–Trinajstić information content (AvgIpc) is 1.94. The Balaban J connectivity index is -0.000000138. The molecule has 0 fully saturated rings. The first kappa shape index (κ1) is 17.2. The topological polar surface area (TPSA) is 85.7 Å². The molecular weight excluding hydrogens is 162 g/mol. The maximum atomic E-state index is 10.5. The Labute approximate surface area is 71.5 Å². The summed E-state index contributed by atoms with van der Waals surface area (Å²) in [5.41, 5.74) is 5.15. The summed E-state index contributed by atoms with van der Waals surface area (Å²) in [7, 11) is 2.06. The summed E-state index contributed by atoms with van der Waals surface area (Å²) < 4.78 is 0. The highest BCUT2D eigenvalue weighted by molar-refractivity contribution is 6.13. The summed E-state index contributed by atoms with van der Waals surface area (Å²) in [6.45, 7) is 1.97. The van der Waals surface area contributed by atoms with Gasteiger partial charge in [-0.15, -0.1) is 0 Å². The number of hydrogen-bond donors (Lipinski definition) is 1. The van der Waals surface area contributed by atoms with Crippen molar-refractivity contribution < 1.29 is 15.3 Å². The van der Waals surface area contributed by atoms with Crippen LogP contribution in [-0.2, 0) is 15.3 Å². The third-order valence-corrected chi connectivity index (χ3v) is 1.25. The molecule has 0 bridgehead atoms. The van der Waals surface area contributed by atoms with Gasteiger partial charge in [0.05, 0.1) is 24.5 Å². The molecule has 2 N–H and O–H groups in total. The van der Waals surface area contributed by atoms with Crippen molar-refractivity contribution in [2.45, 2.75) is 25.1 Å². The van der Waals surface area contributed by atoms with Crippen LogP contribution in [0.25, 0.3) is 0 Å². The predicted octanol–water partition coefficient (Wildman–Crippen LogP) is -0.712. The first-order valence-corrected chi connectivity index (χ1v) is 4.37. The van der Waals surface area contributed by atoms with E-state index in [1.54, 1.807) is 0 Å². The van der Waals surface area contributed by atoms with Gasteiger partial charge in [0.15, 0.2) is 0 Å². The van der Waals surface area contributed by atoms with Crippen LogP contribution in [0.2, 0.25) is 0 Å². The van der Waals surface area contributed by atoms with Crippen molar-refractivity contribution in [3.05, 3.63) is 0 Å². The third-order valence-electron chi connectivity index (χ3n) is 0.746. The van der Waals surface area contributed by atoms with Crippen LogP contribution in [0.4, 0.5) is 0 Å². The Bertz CT molecular complexity index is 56.3. The predicted molar refractivity (Wildman–Crippen MR) is 45.7 cm³/mol. The molecule has 3 radical (unpaired) electrons. The largest absolute Gasteiger partial charge is 0.305 e. The standard InChI is InChI=1S/C4H12NOSi.2CH3O/c1-2-3-4(5,6)7;2*1-2/h2-3,5H2,1,7H3;2*1H3. The van der Waals surface area contributed by atoms with E-state index in [9.17, 15) is 5.11 Å². The second kappa shape index (κ2) is 12.7. The summed E-state index contributed by atoms with van der Waals surface area (Å²) in [6.07, 6.45) is 1.53. The molecule has 0 saturated heterocycles. The van der Waals surface area contributed by atoms with Gasteiger partial charge < -0.3 is 5.73 Å². The molecule has 0 aliphatic carbocycles. The quantitative estimate of drug-likeness (QED) is 0.441. The highest BCUT2D eigenvalue weighted by Gasteiger charge is 2.11. The van der Waals surface area contributed by atoms with Crippen molar-refractivity contribution >= 4 is 10.2 Å². The molecule has 0 aliphatic rings. The normalized spacial score (nSPS) is 13.4. The van der Waals surface area contributed by atoms with E-state index in [1.807, 2.05) is 6.92 Å². The first-order valence-electron chi connectivity index (χ1n) is 3.37. The Hall–Kier alpha value is 0.0569. The fourth-order valence-corrected chi connectivity index (χ4v) is 0.996. The van der Waals surface area contributed by atoms with E-state index in [-0.39, 0.29) is 0 Å². The van der Waals surface area contributed by atoms with E-state index in [1.165, 1.54) is 0 Å². The zero-order valence-corrected chi connectivity index (χ0v) is 9.72. The number of nitrogens with two attached hydrogens (primary N) is 1. The molecule has 0 spiro atoms. The monoisotopic (exact) mass is 180 g/mol. The second-order valence-corrected chi connectivity index (χ2v) is 3.76. The van der Waals surface area contributed by atoms with Gasteiger partial charge in [0, 0.05) is 0 Å². The summed E-state index contributed by atoms with van der Waals surface area (Å²) in [5, 5.41) is 26.0. The van der Waals surface area contributed by atoms with Crippen LogP contribution < -0.4 is 5.73 Å². The van der Waals surface area contributed by atoms with Gasteiger partial charge in [0.2, 0.25) is 0 Å². The maximum Gasteiger partial charge on any atom is 0.127 e. The molecule has 11 heavy (non-hydrogen) atoms. The van der Waals surface area contributed by atoms with E-state index < -0.39 is 5.35 Å². The van der Waals surface area contributed by atoms with Crippen LogP contribution in [0.5, 0.6) is 0 Å². The van der Waals surface area contributed by atoms with Crippen molar-refractivity contribution in [1.82, 2.24) is 0 Å². The first-order chi connectivity index (χ1) is 5.06. The molecule has 0 heterocycles. The lowest BCUT2D eigenvalue weighted by Gasteiger charge is -2.10. The third kappa shape index (κ3) is 39.7. The highest BCUT2D eigenvalue weighted by Crippen LogP contribution is 1.98. The van der Waals surface area contributed by atoms with Crippen molar-refractivity contribution in [2.75, 3.05) is 14.2 Å². The Morgan fingerprint density at radius 3 is 1.55 bits per heavy atom. The van der Waals surface area contributed by atoms with Crippen molar-refractivity contribution in [3.8, 4) is 0 Å². The van der Waals surface area contributed by atoms with Crippen LogP contribution in [-0.4, -0.2) is 29.8 Å². The smallest absolute Gasteiger partial charge is 0.127 e. The molecule has 1 atom stereocenters. The fraction of sp³-hybridized carbons (Fsp3) is 1.00. The van der Waals surface area contributed by atoms with Crippen LogP contribution in [0, 0.1) is 0 Å². The van der Waals surface area contributed by atoms with Crippen molar-refractivity contribution in [1.29, 1.82) is 0 Å². The van der Waals surface area contributed by atoms with Gasteiger partial charge >= 0.3 is 0 Å². The molecule has 0 amide bonds. The zero-order chi connectivity index (χ0) is 9.91. The number of rotatable bonds is 2. The maximum absolute atomic E-state index is 10.5. The van der Waals surface area contributed by atoms with Crippen LogP contribution >= 0.6 is 0 Å². The Morgan fingerprint density at radius 1 is 1.27 bits per heavy atom. The molecule has 0 rings (SSSR count). The van der Waals surface area contributed by atoms with Gasteiger partial charge in [-0.25, -0.2) is 15.3 Å². The van der Waals surface area contributed by atoms with E-state index in [2.05, 4.69) is 0 Å². The molecule has 1 unspecified atom stereocenters. The van der Waals surface area contributed by atoms with E-state index in [0.29, 0.717) is 16.7 Å². The molecule has 0 aliphatic heterocycles. The van der Waals surface area contributed by atoms with Gasteiger partial charge in [-0.05, 0) is 6.42 Å². The Morgan fingerprint density at radius 2 is 1.55 bits per heavy atom. The van der Waals surface area contributed by atoms with Gasteiger partial charge in [-0.1, -0.05) is 13.3 Å². The zero-order valence-electron chi connectivity index (χ0n) is 7.72. The summed E-state index contributed by atoms with van der Waals surface area (Å²) in [4.78, 5) is 0. The van der Waals surface area contributed by atoms with Gasteiger partial charge in [0.1, 0.15) is 5.35 Å². The molecule has 5 heteroatoms. The molecule has 0 aromatic heterocycles. The molecule has 4 nitrogen and oxygen atoms in total. The lowest BCUT2D eigenvalue weighted by Crippen LogP contribution is -2.37. The summed E-state index contributed by atoms with van der Waals surface area (Å²) in [6, 6.07) is 0. The average molecular weight is 180 g/mol. The minimum absolute atomic E-state index is 0.560. The van der Waals surface area contributed by atoms with Gasteiger partial charge in [-0.2, -0.15) is 0 Å². The minimum Gasteiger partial charge on any atom is -0.305 e. The lowest BCUT2D eigenvalue weighted by atomic mass is 10.3. The van der Waals surface area contributed by atoms with Crippen molar-refractivity contribution in [2.24, 2.45) is 5.73 Å². The molecule has 0 aromatic carbocycles. The van der Waals surface area contributed by atoms with Crippen LogP contribution in [0.3, 0.4) is 0 Å². The highest BCUT2D eigenvalue weighted by atomic mass is 28.1. The lowest BCUT2D eigenvalue weighted by molar-refractivity contribution is 0.0444. The van der Waals surface area contributed by atoms with E-state index in [0.717, 1.165) is 20.6 Å². The SMILES string of the molecule is CCCC(N)([O])[SiH3].C[O].C[O]. The number of hydrogen-bond acceptors (Lipinski definition) is 1. The fourth-order valence-electron chi connectivity index (χ4n) is 0.496. The molecule has 0 aromatic rings. The second-order valence-electron chi connectivity index (χ2n) is 2.06. The van der Waals surface area contributed by atoms with E-state index >= 15 is 0 Å².